The summed E-state index contributed by atoms with van der Waals surface area (Å²) in [6, 6.07) is 15.6. The number of aromatic nitrogens is 1. The van der Waals surface area contributed by atoms with Crippen LogP contribution in [0, 0.1) is 0 Å². The number of nitrogens with one attached hydrogen (secondary N) is 2. The van der Waals surface area contributed by atoms with Crippen molar-refractivity contribution < 1.29 is 4.79 Å². The molecule has 1 atom stereocenters. The molecule has 1 amide bonds. The third-order valence-corrected chi connectivity index (χ3v) is 4.63. The Hall–Kier alpha value is -2.59. The lowest BCUT2D eigenvalue weighted by molar-refractivity contribution is 0.0935. The number of carbonyl (C=O) groups is 1. The average Bonchev–Trinajstić information content (AvgIpc) is 2.60. The first-order valence-electron chi connectivity index (χ1n) is 7.91. The summed E-state index contributed by atoms with van der Waals surface area (Å²) in [5.41, 5.74) is 4.28. The minimum Gasteiger partial charge on any atom is -0.361 e. The smallest absolute Gasteiger partial charge is 0.255 e. The van der Waals surface area contributed by atoms with Crippen molar-refractivity contribution in [2.45, 2.75) is 19.5 Å². The van der Waals surface area contributed by atoms with E-state index in [0.29, 0.717) is 10.7 Å². The topological polar surface area (TPSA) is 54.0 Å². The molecule has 0 bridgehead atoms. The van der Waals surface area contributed by atoms with E-state index >= 15 is 0 Å². The lowest BCUT2D eigenvalue weighted by Crippen LogP contribution is -2.38. The van der Waals surface area contributed by atoms with Gasteiger partial charge in [0.25, 0.3) is 5.91 Å². The van der Waals surface area contributed by atoms with Crippen LogP contribution in [0.5, 0.6) is 0 Å². The fraction of sp³-hybridized carbons (Fsp3) is 0.158. The number of rotatable bonds is 2. The van der Waals surface area contributed by atoms with Crippen molar-refractivity contribution in [1.82, 2.24) is 10.3 Å². The van der Waals surface area contributed by atoms with Crippen LogP contribution in [0.3, 0.4) is 0 Å². The van der Waals surface area contributed by atoms with Gasteiger partial charge in [-0.15, -0.1) is 0 Å². The van der Waals surface area contributed by atoms with Crippen LogP contribution in [0.25, 0.3) is 10.9 Å². The second kappa shape index (κ2) is 5.80. The van der Waals surface area contributed by atoms with Crippen molar-refractivity contribution in [1.29, 1.82) is 0 Å². The fourth-order valence-electron chi connectivity index (χ4n) is 3.00. The number of halogens is 1. The van der Waals surface area contributed by atoms with Gasteiger partial charge >= 0.3 is 0 Å². The van der Waals surface area contributed by atoms with E-state index in [1.807, 2.05) is 30.3 Å². The molecule has 120 valence electrons. The van der Waals surface area contributed by atoms with Crippen molar-refractivity contribution >= 4 is 34.1 Å². The van der Waals surface area contributed by atoms with Crippen LogP contribution in [0.4, 0.5) is 5.69 Å². The number of hydrogen-bond acceptors (Lipinski definition) is 3. The lowest BCUT2D eigenvalue weighted by Gasteiger charge is -2.28. The highest BCUT2D eigenvalue weighted by atomic mass is 35.5. The molecule has 1 aromatic heterocycles. The first kappa shape index (κ1) is 15.0. The summed E-state index contributed by atoms with van der Waals surface area (Å²) in [6.45, 7) is 2.12. The zero-order valence-corrected chi connectivity index (χ0v) is 13.9. The quantitative estimate of drug-likeness (QED) is 0.685. The third kappa shape index (κ3) is 2.49. The van der Waals surface area contributed by atoms with Gasteiger partial charge in [0.1, 0.15) is 11.3 Å². The van der Waals surface area contributed by atoms with E-state index in [2.05, 4.69) is 34.7 Å². The molecule has 5 heteroatoms. The number of carbonyl (C=O) groups excluding carboxylic acids is 1. The van der Waals surface area contributed by atoms with E-state index in [1.54, 1.807) is 6.07 Å². The van der Waals surface area contributed by atoms with Crippen molar-refractivity contribution in [3.05, 3.63) is 70.4 Å². The number of pyridine rings is 1. The number of fused-ring (bicyclic) bond motifs is 2. The molecule has 0 saturated carbocycles. The fourth-order valence-corrected chi connectivity index (χ4v) is 3.26. The normalized spacial score (nSPS) is 16.4. The van der Waals surface area contributed by atoms with Crippen molar-refractivity contribution in [3.63, 3.8) is 0 Å². The Morgan fingerprint density at radius 3 is 2.79 bits per heavy atom. The lowest BCUT2D eigenvalue weighted by atomic mass is 10.0. The third-order valence-electron chi connectivity index (χ3n) is 4.33. The zero-order valence-electron chi connectivity index (χ0n) is 13.1. The summed E-state index contributed by atoms with van der Waals surface area (Å²) in [4.78, 5) is 16.8. The molecule has 0 spiro atoms. The highest BCUT2D eigenvalue weighted by Crippen LogP contribution is 2.31. The van der Waals surface area contributed by atoms with Crippen LogP contribution in [-0.2, 0) is 6.42 Å². The van der Waals surface area contributed by atoms with Crippen molar-refractivity contribution in [2.24, 2.45) is 0 Å². The molecule has 0 aliphatic carbocycles. The maximum absolute atomic E-state index is 12.3. The molecule has 4 rings (SSSR count). The molecular formula is C19H16ClN3O. The molecule has 4 nitrogen and oxygen atoms in total. The van der Waals surface area contributed by atoms with Gasteiger partial charge in [-0.3, -0.25) is 4.79 Å². The van der Waals surface area contributed by atoms with Crippen molar-refractivity contribution in [3.8, 4) is 0 Å². The first-order valence-corrected chi connectivity index (χ1v) is 8.29. The van der Waals surface area contributed by atoms with Crippen LogP contribution < -0.4 is 10.6 Å². The Balaban J connectivity index is 1.79. The maximum atomic E-state index is 12.3. The van der Waals surface area contributed by atoms with Gasteiger partial charge in [0, 0.05) is 16.6 Å². The molecular weight excluding hydrogens is 322 g/mol. The molecule has 2 N–H and O–H groups in total. The molecule has 2 heterocycles. The van der Waals surface area contributed by atoms with Gasteiger partial charge in [-0.25, -0.2) is 4.98 Å². The highest BCUT2D eigenvalue weighted by molar-refractivity contribution is 6.30. The molecule has 0 saturated heterocycles. The number of anilines is 1. The summed E-state index contributed by atoms with van der Waals surface area (Å²) < 4.78 is 0. The van der Waals surface area contributed by atoms with E-state index < -0.39 is 6.17 Å². The van der Waals surface area contributed by atoms with E-state index in [0.717, 1.165) is 28.6 Å². The molecule has 24 heavy (non-hydrogen) atoms. The first-order chi connectivity index (χ1) is 11.7. The van der Waals surface area contributed by atoms with Crippen molar-refractivity contribution in [2.75, 3.05) is 5.32 Å². The van der Waals surface area contributed by atoms with E-state index in [9.17, 15) is 4.79 Å². The molecule has 2 aromatic carbocycles. The SMILES string of the molecule is CCc1ccc2nc(Cl)c(C3NC(=O)c4ccccc4N3)cc2c1. The Morgan fingerprint density at radius 1 is 1.12 bits per heavy atom. The van der Waals surface area contributed by atoms with Gasteiger partial charge in [0.05, 0.1) is 11.1 Å². The minimum atomic E-state index is -0.401. The number of para-hydroxylation sites is 1. The molecule has 1 unspecified atom stereocenters. The molecule has 0 radical (unpaired) electrons. The summed E-state index contributed by atoms with van der Waals surface area (Å²) in [5, 5.41) is 7.68. The van der Waals surface area contributed by atoms with E-state index in [-0.39, 0.29) is 5.91 Å². The van der Waals surface area contributed by atoms with E-state index in [4.69, 9.17) is 11.6 Å². The highest BCUT2D eigenvalue weighted by Gasteiger charge is 2.26. The summed E-state index contributed by atoms with van der Waals surface area (Å²) in [5.74, 6) is -0.118. The van der Waals surface area contributed by atoms with Gasteiger partial charge in [0.2, 0.25) is 0 Å². The molecule has 1 aliphatic rings. The predicted molar refractivity (Wildman–Crippen MR) is 96.4 cm³/mol. The predicted octanol–water partition coefficient (Wildman–Crippen LogP) is 4.30. The van der Waals surface area contributed by atoms with Crippen LogP contribution in [0.15, 0.2) is 48.5 Å². The van der Waals surface area contributed by atoms with E-state index in [1.165, 1.54) is 5.56 Å². The second-order valence-corrected chi connectivity index (χ2v) is 6.20. The zero-order chi connectivity index (χ0) is 16.7. The summed E-state index contributed by atoms with van der Waals surface area (Å²) in [7, 11) is 0. The minimum absolute atomic E-state index is 0.118. The molecule has 1 aliphatic heterocycles. The Morgan fingerprint density at radius 2 is 1.96 bits per heavy atom. The van der Waals surface area contributed by atoms with Gasteiger partial charge in [0.15, 0.2) is 0 Å². The Bertz CT molecular complexity index is 954. The Kier molecular flexibility index (Phi) is 3.62. The number of nitrogens with zero attached hydrogens (tertiary/aromatic N) is 1. The second-order valence-electron chi connectivity index (χ2n) is 5.85. The van der Waals surface area contributed by atoms with Crippen LogP contribution in [0.1, 0.15) is 34.6 Å². The van der Waals surface area contributed by atoms with Crippen LogP contribution in [0.2, 0.25) is 5.15 Å². The number of benzene rings is 2. The van der Waals surface area contributed by atoms with Gasteiger partial charge in [-0.05, 0) is 42.3 Å². The Labute approximate surface area is 144 Å². The molecule has 0 fully saturated rings. The largest absolute Gasteiger partial charge is 0.361 e. The maximum Gasteiger partial charge on any atom is 0.255 e. The van der Waals surface area contributed by atoms with Crippen LogP contribution >= 0.6 is 11.6 Å². The average molecular weight is 338 g/mol. The number of hydrogen-bond donors (Lipinski definition) is 2. The number of aryl methyl sites for hydroxylation is 1. The van der Waals surface area contributed by atoms with Gasteiger partial charge < -0.3 is 10.6 Å². The van der Waals surface area contributed by atoms with Gasteiger partial charge in [-0.2, -0.15) is 0 Å². The molecule has 3 aromatic rings. The van der Waals surface area contributed by atoms with Gasteiger partial charge in [-0.1, -0.05) is 36.7 Å². The monoisotopic (exact) mass is 337 g/mol. The number of amides is 1. The summed E-state index contributed by atoms with van der Waals surface area (Å²) in [6.07, 6.45) is 0.557. The van der Waals surface area contributed by atoms with Crippen LogP contribution in [-0.4, -0.2) is 10.9 Å². The standard InChI is InChI=1S/C19H16ClN3O/c1-2-11-7-8-15-12(9-11)10-14(17(20)21-15)18-22-16-6-4-3-5-13(16)19(24)23-18/h3-10,18,22H,2H2,1H3,(H,23,24). The summed E-state index contributed by atoms with van der Waals surface area (Å²) >= 11 is 6.38.